The number of carbonyl (C=O) groups is 1. The van der Waals surface area contributed by atoms with E-state index in [0.29, 0.717) is 4.88 Å². The van der Waals surface area contributed by atoms with Crippen molar-refractivity contribution in [2.45, 2.75) is 39.3 Å². The fourth-order valence-corrected chi connectivity index (χ4v) is 4.78. The van der Waals surface area contributed by atoms with Crippen molar-refractivity contribution in [1.82, 2.24) is 20.3 Å². The first-order valence-electron chi connectivity index (χ1n) is 10.3. The number of rotatable bonds is 4. The molecule has 0 saturated carbocycles. The van der Waals surface area contributed by atoms with E-state index in [9.17, 15) is 9.18 Å². The summed E-state index contributed by atoms with van der Waals surface area (Å²) in [7, 11) is 0. The second-order valence-electron chi connectivity index (χ2n) is 8.50. The summed E-state index contributed by atoms with van der Waals surface area (Å²) in [5.74, 6) is -0.535. The van der Waals surface area contributed by atoms with E-state index in [1.165, 1.54) is 11.3 Å². The quantitative estimate of drug-likeness (QED) is 0.322. The molecule has 0 radical (unpaired) electrons. The molecule has 3 aromatic heterocycles. The molecule has 1 N–H and O–H groups in total. The summed E-state index contributed by atoms with van der Waals surface area (Å²) in [6.07, 6.45) is 4.00. The summed E-state index contributed by atoms with van der Waals surface area (Å²) in [6, 6.07) is 9.32. The number of ether oxygens (including phenoxy) is 1. The number of nitrogens with zero attached hydrogens (tertiary/aromatic N) is 3. The van der Waals surface area contributed by atoms with Crippen LogP contribution in [0, 0.1) is 5.82 Å². The highest BCUT2D eigenvalue weighted by atomic mass is 35.5. The number of halogens is 2. The van der Waals surface area contributed by atoms with Crippen molar-refractivity contribution < 1.29 is 13.9 Å². The molecule has 0 fully saturated rings. The van der Waals surface area contributed by atoms with Gasteiger partial charge < -0.3 is 10.1 Å². The highest BCUT2D eigenvalue weighted by Gasteiger charge is 2.21. The number of hydrogen-bond donors (Lipinski definition) is 1. The van der Waals surface area contributed by atoms with Gasteiger partial charge in [-0.05, 0) is 67.9 Å². The zero-order valence-electron chi connectivity index (χ0n) is 18.5. The third kappa shape index (κ3) is 5.12. The Labute approximate surface area is 199 Å². The monoisotopic (exact) mass is 484 g/mol. The Morgan fingerprint density at radius 1 is 1.21 bits per heavy atom. The van der Waals surface area contributed by atoms with Crippen LogP contribution in [0.3, 0.4) is 0 Å². The Balaban J connectivity index is 1.75. The highest BCUT2D eigenvalue weighted by molar-refractivity contribution is 7.22. The zero-order chi connectivity index (χ0) is 23.8. The smallest absolute Gasteiger partial charge is 0.408 e. The number of amides is 1. The lowest BCUT2D eigenvalue weighted by Crippen LogP contribution is -2.34. The molecule has 1 amide bonds. The van der Waals surface area contributed by atoms with Crippen LogP contribution in [0.4, 0.5) is 9.18 Å². The van der Waals surface area contributed by atoms with Crippen molar-refractivity contribution in [1.29, 1.82) is 0 Å². The molecule has 0 aliphatic rings. The first-order chi connectivity index (χ1) is 15.6. The summed E-state index contributed by atoms with van der Waals surface area (Å²) >= 11 is 7.31. The van der Waals surface area contributed by atoms with Gasteiger partial charge in [-0.1, -0.05) is 18.2 Å². The number of hydrogen-bond acceptors (Lipinski definition) is 6. The van der Waals surface area contributed by atoms with Crippen molar-refractivity contribution in [3.63, 3.8) is 0 Å². The third-order valence-electron chi connectivity index (χ3n) is 4.83. The fraction of sp³-hybridized carbons (Fsp3) is 0.250. The van der Waals surface area contributed by atoms with E-state index >= 15 is 0 Å². The average molecular weight is 485 g/mol. The fourth-order valence-electron chi connectivity index (χ4n) is 3.47. The maximum Gasteiger partial charge on any atom is 0.408 e. The minimum Gasteiger partial charge on any atom is -0.444 e. The molecular weight excluding hydrogens is 463 g/mol. The minimum atomic E-state index is -0.598. The standard InChI is InChI=1S/C24H22ClFN4O2S/c1-13(29-23(31)32-24(2,3)4)17-11-27-9-8-15(17)16-7-5-6-14-10-19(33-21(14)16)20-18(26)12-28-22(25)30-20/h5-13H,1-4H3,(H,29,31). The number of fused-ring (bicyclic) bond motifs is 1. The lowest BCUT2D eigenvalue weighted by molar-refractivity contribution is 0.0508. The molecule has 170 valence electrons. The largest absolute Gasteiger partial charge is 0.444 e. The van der Waals surface area contributed by atoms with Gasteiger partial charge in [0.05, 0.1) is 17.1 Å². The lowest BCUT2D eigenvalue weighted by Gasteiger charge is -2.23. The summed E-state index contributed by atoms with van der Waals surface area (Å²) < 4.78 is 20.7. The molecular formula is C24H22ClFN4O2S. The molecule has 1 unspecified atom stereocenters. The second-order valence-corrected chi connectivity index (χ2v) is 9.89. The van der Waals surface area contributed by atoms with Gasteiger partial charge in [0.25, 0.3) is 0 Å². The summed E-state index contributed by atoms with van der Waals surface area (Å²) in [4.78, 5) is 25.0. The van der Waals surface area contributed by atoms with Gasteiger partial charge in [-0.15, -0.1) is 11.3 Å². The van der Waals surface area contributed by atoms with E-state index in [4.69, 9.17) is 16.3 Å². The number of nitrogens with one attached hydrogen (secondary N) is 1. The van der Waals surface area contributed by atoms with Gasteiger partial charge in [-0.2, -0.15) is 0 Å². The van der Waals surface area contributed by atoms with Crippen LogP contribution in [0.2, 0.25) is 5.28 Å². The molecule has 6 nitrogen and oxygen atoms in total. The van der Waals surface area contributed by atoms with Crippen LogP contribution in [0.25, 0.3) is 31.8 Å². The van der Waals surface area contributed by atoms with Gasteiger partial charge in [0, 0.05) is 22.7 Å². The SMILES string of the molecule is CC(NC(=O)OC(C)(C)C)c1cnccc1-c1cccc2cc(-c3nc(Cl)ncc3F)sc12. The van der Waals surface area contributed by atoms with E-state index < -0.39 is 17.5 Å². The Bertz CT molecular complexity index is 1340. The number of benzene rings is 1. The molecule has 0 saturated heterocycles. The Kier molecular flexibility index (Phi) is 6.32. The number of thiophene rings is 1. The number of carbonyl (C=O) groups excluding carboxylic acids is 1. The molecule has 1 aromatic carbocycles. The van der Waals surface area contributed by atoms with Gasteiger partial charge in [0.15, 0.2) is 5.82 Å². The molecule has 0 bridgehead atoms. The molecule has 0 aliphatic carbocycles. The van der Waals surface area contributed by atoms with Crippen molar-refractivity contribution >= 4 is 39.1 Å². The molecule has 4 rings (SSSR count). The Morgan fingerprint density at radius 3 is 2.76 bits per heavy atom. The predicted octanol–water partition coefficient (Wildman–Crippen LogP) is 6.80. The third-order valence-corrected chi connectivity index (χ3v) is 6.21. The minimum absolute atomic E-state index is 0.0115. The van der Waals surface area contributed by atoms with Crippen LogP contribution < -0.4 is 5.32 Å². The predicted molar refractivity (Wildman–Crippen MR) is 129 cm³/mol. The molecule has 9 heteroatoms. The van der Waals surface area contributed by atoms with Gasteiger partial charge in [0.1, 0.15) is 11.3 Å². The highest BCUT2D eigenvalue weighted by Crippen LogP contribution is 2.41. The molecule has 4 aromatic rings. The van der Waals surface area contributed by atoms with Crippen molar-refractivity contribution in [2.75, 3.05) is 0 Å². The van der Waals surface area contributed by atoms with Crippen LogP contribution >= 0.6 is 22.9 Å². The molecule has 0 spiro atoms. The van der Waals surface area contributed by atoms with E-state index in [1.807, 2.05) is 58.0 Å². The average Bonchev–Trinajstić information content (AvgIpc) is 3.18. The van der Waals surface area contributed by atoms with Crippen LogP contribution in [0.15, 0.2) is 48.9 Å². The van der Waals surface area contributed by atoms with Crippen LogP contribution in [-0.4, -0.2) is 26.6 Å². The van der Waals surface area contributed by atoms with E-state index in [0.717, 1.165) is 33.0 Å². The number of aromatic nitrogens is 3. The van der Waals surface area contributed by atoms with E-state index in [2.05, 4.69) is 20.3 Å². The van der Waals surface area contributed by atoms with E-state index in [-0.39, 0.29) is 17.0 Å². The first-order valence-corrected chi connectivity index (χ1v) is 11.5. The zero-order valence-corrected chi connectivity index (χ0v) is 20.1. The van der Waals surface area contributed by atoms with Crippen molar-refractivity contribution in [3.05, 3.63) is 65.6 Å². The maximum atomic E-state index is 14.4. The summed E-state index contributed by atoms with van der Waals surface area (Å²) in [5.41, 5.74) is 2.26. The van der Waals surface area contributed by atoms with Crippen LogP contribution in [-0.2, 0) is 4.74 Å². The van der Waals surface area contributed by atoms with Gasteiger partial charge in [-0.3, -0.25) is 4.98 Å². The Hall–Kier alpha value is -3.10. The van der Waals surface area contributed by atoms with Gasteiger partial charge in [-0.25, -0.2) is 19.2 Å². The number of alkyl carbamates (subject to hydrolysis) is 1. The van der Waals surface area contributed by atoms with Crippen LogP contribution in [0.5, 0.6) is 0 Å². The van der Waals surface area contributed by atoms with Crippen LogP contribution in [0.1, 0.15) is 39.3 Å². The molecule has 3 heterocycles. The van der Waals surface area contributed by atoms with Crippen molar-refractivity contribution in [3.8, 4) is 21.7 Å². The summed E-state index contributed by atoms with van der Waals surface area (Å²) in [5, 5.41) is 3.81. The maximum absolute atomic E-state index is 14.4. The first kappa shape index (κ1) is 23.1. The molecule has 0 aliphatic heterocycles. The Morgan fingerprint density at radius 2 is 2.00 bits per heavy atom. The van der Waals surface area contributed by atoms with E-state index in [1.54, 1.807) is 12.4 Å². The lowest BCUT2D eigenvalue weighted by atomic mass is 9.97. The van der Waals surface area contributed by atoms with Gasteiger partial charge >= 0.3 is 6.09 Å². The van der Waals surface area contributed by atoms with Gasteiger partial charge in [0.2, 0.25) is 5.28 Å². The second kappa shape index (κ2) is 9.03. The van der Waals surface area contributed by atoms with Crippen molar-refractivity contribution in [2.24, 2.45) is 0 Å². The topological polar surface area (TPSA) is 77.0 Å². The molecule has 33 heavy (non-hydrogen) atoms. The normalized spacial score (nSPS) is 12.5. The summed E-state index contributed by atoms with van der Waals surface area (Å²) in [6.45, 7) is 7.32. The molecule has 1 atom stereocenters. The number of pyridine rings is 1.